The SMILES string of the molecule is [C-]#[N+]C(C)(C)Cc1cc2cc[n+](C)c3c4c(C)c(C)cc5c6ccc(C(C)(C)C)cc6n(c(c1)c23)c54. The zero-order chi connectivity index (χ0) is 25.7. The molecule has 0 aliphatic rings. The van der Waals surface area contributed by atoms with Gasteiger partial charge in [0.15, 0.2) is 6.20 Å². The van der Waals surface area contributed by atoms with Crippen molar-refractivity contribution in [2.24, 2.45) is 7.05 Å². The molecule has 3 nitrogen and oxygen atoms in total. The highest BCUT2D eigenvalue weighted by molar-refractivity contribution is 6.26. The predicted octanol–water partition coefficient (Wildman–Crippen LogP) is 7.97. The van der Waals surface area contributed by atoms with Crippen LogP contribution in [-0.4, -0.2) is 9.94 Å². The monoisotopic (exact) mass is 472 g/mol. The van der Waals surface area contributed by atoms with Crippen molar-refractivity contribution >= 4 is 49.0 Å². The Bertz CT molecular complexity index is 1900. The molecule has 3 aromatic carbocycles. The Morgan fingerprint density at radius 2 is 1.64 bits per heavy atom. The number of rotatable bonds is 2. The Hall–Kier alpha value is -3.64. The zero-order valence-corrected chi connectivity index (χ0v) is 22.7. The van der Waals surface area contributed by atoms with E-state index in [1.807, 2.05) is 13.8 Å². The van der Waals surface area contributed by atoms with Gasteiger partial charge in [-0.2, -0.15) is 0 Å². The summed E-state index contributed by atoms with van der Waals surface area (Å²) in [6.45, 7) is 23.1. The average molecular weight is 473 g/mol. The molecular formula is C33H34N3+. The highest BCUT2D eigenvalue weighted by Crippen LogP contribution is 2.43. The fourth-order valence-electron chi connectivity index (χ4n) is 6.07. The third-order valence-electron chi connectivity index (χ3n) is 8.13. The molecule has 0 amide bonds. The van der Waals surface area contributed by atoms with Crippen LogP contribution in [0.2, 0.25) is 0 Å². The van der Waals surface area contributed by atoms with Crippen LogP contribution in [0.15, 0.2) is 48.7 Å². The molecule has 180 valence electrons. The average Bonchev–Trinajstić information content (AvgIpc) is 3.13. The van der Waals surface area contributed by atoms with E-state index >= 15 is 0 Å². The molecule has 3 heterocycles. The molecule has 36 heavy (non-hydrogen) atoms. The minimum atomic E-state index is -0.434. The van der Waals surface area contributed by atoms with Crippen LogP contribution >= 0.6 is 0 Å². The molecule has 0 unspecified atom stereocenters. The van der Waals surface area contributed by atoms with E-state index in [1.54, 1.807) is 0 Å². The zero-order valence-electron chi connectivity index (χ0n) is 22.7. The molecule has 6 aromatic rings. The third-order valence-corrected chi connectivity index (χ3v) is 8.13. The number of hydrogen-bond donors (Lipinski definition) is 0. The first kappa shape index (κ1) is 22.8. The van der Waals surface area contributed by atoms with Gasteiger partial charge in [0.05, 0.1) is 33.7 Å². The van der Waals surface area contributed by atoms with E-state index in [0.717, 1.165) is 6.42 Å². The lowest BCUT2D eigenvalue weighted by Crippen LogP contribution is -2.29. The van der Waals surface area contributed by atoms with Crippen molar-refractivity contribution in [3.63, 3.8) is 0 Å². The van der Waals surface area contributed by atoms with E-state index in [9.17, 15) is 0 Å². The second kappa shape index (κ2) is 7.20. The van der Waals surface area contributed by atoms with Crippen molar-refractivity contribution in [2.75, 3.05) is 0 Å². The summed E-state index contributed by atoms with van der Waals surface area (Å²) >= 11 is 0. The molecule has 0 saturated heterocycles. The van der Waals surface area contributed by atoms with Crippen LogP contribution in [0.4, 0.5) is 0 Å². The van der Waals surface area contributed by atoms with Crippen LogP contribution in [0.25, 0.3) is 53.8 Å². The molecule has 0 atom stereocenters. The molecule has 6 rings (SSSR count). The molecule has 0 N–H and O–H groups in total. The largest absolute Gasteiger partial charge is 0.311 e. The van der Waals surface area contributed by atoms with Crippen molar-refractivity contribution in [3.8, 4) is 0 Å². The maximum Gasteiger partial charge on any atom is 0.231 e. The number of pyridine rings is 2. The van der Waals surface area contributed by atoms with E-state index in [-0.39, 0.29) is 5.41 Å². The highest BCUT2D eigenvalue weighted by Gasteiger charge is 2.28. The summed E-state index contributed by atoms with van der Waals surface area (Å²) in [4.78, 5) is 3.91. The normalized spacial score (nSPS) is 13.1. The van der Waals surface area contributed by atoms with Crippen LogP contribution in [0.1, 0.15) is 56.9 Å². The van der Waals surface area contributed by atoms with Crippen molar-refractivity contribution in [2.45, 2.75) is 65.8 Å². The number of hydrogen-bond acceptors (Lipinski definition) is 0. The van der Waals surface area contributed by atoms with Gasteiger partial charge < -0.3 is 9.25 Å². The van der Waals surface area contributed by atoms with Gasteiger partial charge in [0.2, 0.25) is 11.1 Å². The molecular weight excluding hydrogens is 438 g/mol. The minimum Gasteiger partial charge on any atom is -0.311 e. The molecule has 0 fully saturated rings. The number of fused-ring (bicyclic) bond motifs is 5. The van der Waals surface area contributed by atoms with Crippen LogP contribution in [0.3, 0.4) is 0 Å². The van der Waals surface area contributed by atoms with Gasteiger partial charge >= 0.3 is 0 Å². The maximum absolute atomic E-state index is 7.70. The van der Waals surface area contributed by atoms with E-state index in [4.69, 9.17) is 6.57 Å². The van der Waals surface area contributed by atoms with Gasteiger partial charge in [-0.05, 0) is 65.1 Å². The fourth-order valence-corrected chi connectivity index (χ4v) is 6.07. The van der Waals surface area contributed by atoms with Gasteiger partial charge in [0.1, 0.15) is 7.05 Å². The number of aryl methyl sites for hydroxylation is 3. The number of nitrogens with zero attached hydrogens (tertiary/aromatic N) is 3. The van der Waals surface area contributed by atoms with Crippen LogP contribution in [0, 0.1) is 20.4 Å². The maximum atomic E-state index is 7.70. The van der Waals surface area contributed by atoms with Gasteiger partial charge in [-0.3, -0.25) is 0 Å². The first-order valence-electron chi connectivity index (χ1n) is 12.8. The molecule has 3 heteroatoms. The smallest absolute Gasteiger partial charge is 0.231 e. The predicted molar refractivity (Wildman–Crippen MR) is 152 cm³/mol. The van der Waals surface area contributed by atoms with E-state index in [0.29, 0.717) is 0 Å². The van der Waals surface area contributed by atoms with Gasteiger partial charge in [0.25, 0.3) is 0 Å². The summed E-state index contributed by atoms with van der Waals surface area (Å²) < 4.78 is 4.81. The van der Waals surface area contributed by atoms with Gasteiger partial charge in [-0.25, -0.2) is 11.1 Å². The van der Waals surface area contributed by atoms with Gasteiger partial charge in [-0.15, -0.1) is 0 Å². The van der Waals surface area contributed by atoms with E-state index in [1.165, 1.54) is 71.3 Å². The fraction of sp³-hybridized carbons (Fsp3) is 0.333. The number of benzene rings is 3. The third kappa shape index (κ3) is 3.07. The first-order valence-corrected chi connectivity index (χ1v) is 12.8. The molecule has 0 saturated carbocycles. The Labute approximate surface area is 213 Å². The quantitative estimate of drug-likeness (QED) is 0.105. The second-order valence-corrected chi connectivity index (χ2v) is 12.4. The lowest BCUT2D eigenvalue weighted by molar-refractivity contribution is -0.643. The lowest BCUT2D eigenvalue weighted by atomic mass is 9.86. The Morgan fingerprint density at radius 1 is 0.889 bits per heavy atom. The molecule has 0 bridgehead atoms. The van der Waals surface area contributed by atoms with Crippen LogP contribution < -0.4 is 4.57 Å². The summed E-state index contributed by atoms with van der Waals surface area (Å²) in [5.74, 6) is 0. The van der Waals surface area contributed by atoms with Crippen molar-refractivity contribution in [3.05, 3.63) is 82.3 Å². The lowest BCUT2D eigenvalue weighted by Gasteiger charge is -2.19. The van der Waals surface area contributed by atoms with Crippen LogP contribution in [-0.2, 0) is 18.9 Å². The van der Waals surface area contributed by atoms with Crippen molar-refractivity contribution in [1.82, 2.24) is 4.40 Å². The number of aromatic nitrogens is 2. The van der Waals surface area contributed by atoms with E-state index in [2.05, 4.69) is 104 Å². The summed E-state index contributed by atoms with van der Waals surface area (Å²) in [6.07, 6.45) is 2.92. The Kier molecular flexibility index (Phi) is 4.56. The Balaban J connectivity index is 1.93. The Morgan fingerprint density at radius 3 is 2.33 bits per heavy atom. The summed E-state index contributed by atoms with van der Waals surface area (Å²) in [5.41, 5.74) is 9.95. The molecule has 3 aromatic heterocycles. The van der Waals surface area contributed by atoms with E-state index < -0.39 is 5.54 Å². The second-order valence-electron chi connectivity index (χ2n) is 12.4. The standard InChI is InChI=1S/C33H34N3/c1-19-14-25-24-11-10-23(32(3,4)5)17-26(24)36-27-16-21(18-33(6,7)34-8)15-22-12-13-35(9)31(29(22)27)28(20(19)2)30(25)36/h10-17H,18H2,1-7,9H3/q+1. The highest BCUT2D eigenvalue weighted by atomic mass is 15.0. The van der Waals surface area contributed by atoms with Gasteiger partial charge in [-0.1, -0.05) is 39.0 Å². The molecule has 0 radical (unpaired) electrons. The minimum absolute atomic E-state index is 0.0649. The van der Waals surface area contributed by atoms with Crippen molar-refractivity contribution < 1.29 is 4.57 Å². The molecule has 0 aliphatic carbocycles. The molecule has 0 aliphatic heterocycles. The van der Waals surface area contributed by atoms with Crippen molar-refractivity contribution in [1.29, 1.82) is 0 Å². The summed E-state index contributed by atoms with van der Waals surface area (Å²) in [6, 6.07) is 16.3. The summed E-state index contributed by atoms with van der Waals surface area (Å²) in [5, 5.41) is 6.50. The summed E-state index contributed by atoms with van der Waals surface area (Å²) in [7, 11) is 2.16. The van der Waals surface area contributed by atoms with Gasteiger partial charge in [0, 0.05) is 30.7 Å². The van der Waals surface area contributed by atoms with Crippen LogP contribution in [0.5, 0.6) is 0 Å². The topological polar surface area (TPSA) is 12.7 Å². The molecule has 0 spiro atoms. The first-order chi connectivity index (χ1) is 16.9.